The van der Waals surface area contributed by atoms with Crippen molar-refractivity contribution >= 4 is 58.6 Å². The van der Waals surface area contributed by atoms with Crippen molar-refractivity contribution in [1.82, 2.24) is 40.5 Å². The SMILES string of the molecule is CC[C@H](C)C([C@@H](CC(=O)N1CCC[C@H]1[C@H](OC)[C@@H](C)C(=O)N[C@@H](Cc1ccccc1)c1nccs1)OC)N(C)C(=O)[C@@H](NC(=O)[C@H](C(C)C)N(C)C(=O)CCOCCOCCOCCOCCOCCOCCOCCOCCNC(=O)CCN1C(=O)C=CC1=O)C(C)C. The molecule has 0 bridgehead atoms. The van der Waals surface area contributed by atoms with E-state index in [1.165, 1.54) is 28.4 Å². The van der Waals surface area contributed by atoms with E-state index >= 15 is 0 Å². The number of nitrogens with one attached hydrogen (secondary N) is 3. The first-order valence-corrected chi connectivity index (χ1v) is 34.0. The third-order valence-corrected chi connectivity index (χ3v) is 17.5. The van der Waals surface area contributed by atoms with E-state index in [0.717, 1.165) is 21.9 Å². The predicted molar refractivity (Wildman–Crippen MR) is 352 cm³/mol. The van der Waals surface area contributed by atoms with E-state index in [0.29, 0.717) is 125 Å². The maximum atomic E-state index is 14.7. The van der Waals surface area contributed by atoms with Crippen LogP contribution in [0.2, 0.25) is 0 Å². The molecular weight excluding hydrogens is 1240 g/mol. The molecule has 4 rings (SSSR count). The summed E-state index contributed by atoms with van der Waals surface area (Å²) in [6.07, 6.45) is 5.43. The van der Waals surface area contributed by atoms with Crippen LogP contribution in [0.15, 0.2) is 54.1 Å². The minimum absolute atomic E-state index is 0.0276. The molecule has 530 valence electrons. The Labute approximate surface area is 560 Å². The highest BCUT2D eigenvalue weighted by molar-refractivity contribution is 7.09. The smallest absolute Gasteiger partial charge is 0.253 e. The number of benzene rings is 1. The van der Waals surface area contributed by atoms with Crippen LogP contribution in [0.3, 0.4) is 0 Å². The number of thiazole rings is 1. The summed E-state index contributed by atoms with van der Waals surface area (Å²) in [5.41, 5.74) is 1.07. The summed E-state index contributed by atoms with van der Waals surface area (Å²) < 4.78 is 56.6. The minimum atomic E-state index is -0.960. The van der Waals surface area contributed by atoms with Crippen molar-refractivity contribution in [1.29, 1.82) is 0 Å². The van der Waals surface area contributed by atoms with E-state index in [1.54, 1.807) is 44.3 Å². The Morgan fingerprint density at radius 3 is 1.70 bits per heavy atom. The Kier molecular flexibility index (Phi) is 39.1. The molecular formula is C67H108N8O18S. The molecule has 1 saturated heterocycles. The van der Waals surface area contributed by atoms with Crippen LogP contribution >= 0.6 is 11.3 Å². The van der Waals surface area contributed by atoms with Gasteiger partial charge < -0.3 is 78.0 Å². The Hall–Kier alpha value is -5.85. The van der Waals surface area contributed by atoms with Gasteiger partial charge in [-0.2, -0.15) is 0 Å². The molecule has 1 unspecified atom stereocenters. The van der Waals surface area contributed by atoms with Crippen molar-refractivity contribution in [3.63, 3.8) is 0 Å². The minimum Gasteiger partial charge on any atom is -0.379 e. The highest BCUT2D eigenvalue weighted by Gasteiger charge is 2.44. The second kappa shape index (κ2) is 45.6. The van der Waals surface area contributed by atoms with Gasteiger partial charge in [-0.3, -0.25) is 43.3 Å². The summed E-state index contributed by atoms with van der Waals surface area (Å²) in [6, 6.07) is 6.82. The molecule has 0 saturated carbocycles. The van der Waals surface area contributed by atoms with E-state index in [9.17, 15) is 38.4 Å². The van der Waals surface area contributed by atoms with Crippen LogP contribution in [0.1, 0.15) is 104 Å². The number of carbonyl (C=O) groups excluding carboxylic acids is 8. The zero-order chi connectivity index (χ0) is 68.8. The standard InChI is InChI=1S/C67H108N8O18S/c1-12-49(6)62(54(84-10)46-59(80)74-26-16-19-53(74)63(85-11)50(7)64(81)70-52(66-69-25-44-94-66)45-51-17-14-13-15-18-51)73(9)67(83)60(47(2)3)71-65(82)61(48(4)5)72(8)56(77)23-28-86-30-32-88-34-36-90-38-40-92-42-43-93-41-39-91-37-35-89-33-31-87-29-24-68-55(76)22-27-75-57(78)20-21-58(75)79/h13-15,17-18,20-21,25,44,47-50,52-54,60-63H,12,16,19,22-24,26-43,45-46H2,1-11H3,(H,68,76)(H,70,81)(H,71,82)/t49-,50+,52-,53-,54+,60-,61-,62?,63+/m0/s1. The van der Waals surface area contributed by atoms with Gasteiger partial charge in [0.25, 0.3) is 11.8 Å². The van der Waals surface area contributed by atoms with Crippen molar-refractivity contribution in [2.75, 3.05) is 154 Å². The lowest BCUT2D eigenvalue weighted by Crippen LogP contribution is -2.60. The topological polar surface area (TPSA) is 291 Å². The number of likely N-dealkylation sites (N-methyl/N-ethyl adjacent to an activating group) is 2. The van der Waals surface area contributed by atoms with Crippen LogP contribution in [0, 0.1) is 23.7 Å². The maximum Gasteiger partial charge on any atom is 0.253 e. The van der Waals surface area contributed by atoms with Crippen LogP contribution in [0.4, 0.5) is 0 Å². The number of aromatic nitrogens is 1. The van der Waals surface area contributed by atoms with Gasteiger partial charge in [0.2, 0.25) is 35.4 Å². The quantitative estimate of drug-likeness (QED) is 0.0622. The van der Waals surface area contributed by atoms with Gasteiger partial charge in [-0.05, 0) is 42.6 Å². The fourth-order valence-corrected chi connectivity index (χ4v) is 12.0. The van der Waals surface area contributed by atoms with Crippen LogP contribution in [-0.4, -0.2) is 262 Å². The Morgan fingerprint density at radius 2 is 1.21 bits per heavy atom. The number of methoxy groups -OCH3 is 2. The Bertz CT molecular complexity index is 2550. The number of hydrogen-bond donors (Lipinski definition) is 3. The number of carbonyl (C=O) groups is 8. The molecule has 3 N–H and O–H groups in total. The predicted octanol–water partition coefficient (Wildman–Crippen LogP) is 4.04. The average molecular weight is 1350 g/mol. The van der Waals surface area contributed by atoms with Crippen LogP contribution in [0.25, 0.3) is 0 Å². The molecule has 1 aromatic carbocycles. The molecule has 26 nitrogen and oxygen atoms in total. The Balaban J connectivity index is 1.08. The van der Waals surface area contributed by atoms with E-state index in [2.05, 4.69) is 20.9 Å². The average Bonchev–Trinajstić information content (AvgIpc) is 1.47. The van der Waals surface area contributed by atoms with Crippen LogP contribution in [-0.2, 0) is 92.1 Å². The summed E-state index contributed by atoms with van der Waals surface area (Å²) >= 11 is 1.48. The summed E-state index contributed by atoms with van der Waals surface area (Å²) in [7, 11) is 6.39. The number of rotatable bonds is 51. The zero-order valence-electron chi connectivity index (χ0n) is 57.4. The number of likely N-dealkylation sites (tertiary alicyclic amines) is 1. The lowest BCUT2D eigenvalue weighted by molar-refractivity contribution is -0.148. The molecule has 27 heteroatoms. The van der Waals surface area contributed by atoms with Crippen molar-refractivity contribution in [3.05, 3.63) is 64.6 Å². The van der Waals surface area contributed by atoms with E-state index < -0.39 is 54.0 Å². The lowest BCUT2D eigenvalue weighted by Gasteiger charge is -2.41. The molecule has 2 aliphatic heterocycles. The first-order chi connectivity index (χ1) is 45.2. The largest absolute Gasteiger partial charge is 0.379 e. The summed E-state index contributed by atoms with van der Waals surface area (Å²) in [5, 5.41) is 11.6. The van der Waals surface area contributed by atoms with Crippen LogP contribution in [0.5, 0.6) is 0 Å². The molecule has 1 fully saturated rings. The van der Waals surface area contributed by atoms with E-state index in [-0.39, 0.29) is 98.4 Å². The molecule has 8 amide bonds. The van der Waals surface area contributed by atoms with Crippen LogP contribution < -0.4 is 16.0 Å². The third kappa shape index (κ3) is 28.1. The van der Waals surface area contributed by atoms with Crippen molar-refractivity contribution < 1.29 is 85.7 Å². The first kappa shape index (κ1) is 80.6. The number of hydrogen-bond acceptors (Lipinski definition) is 20. The number of ether oxygens (including phenoxy) is 10. The third-order valence-electron chi connectivity index (χ3n) is 16.6. The molecule has 9 atom stereocenters. The highest BCUT2D eigenvalue weighted by atomic mass is 32.1. The van der Waals surface area contributed by atoms with Crippen molar-refractivity contribution in [2.45, 2.75) is 136 Å². The fraction of sp³-hybridized carbons (Fsp3) is 0.716. The number of imide groups is 1. The molecule has 0 radical (unpaired) electrons. The molecule has 1 aromatic heterocycles. The van der Waals surface area contributed by atoms with Gasteiger partial charge in [0.05, 0.1) is 155 Å². The summed E-state index contributed by atoms with van der Waals surface area (Å²) in [4.78, 5) is 117. The number of amides is 8. The van der Waals surface area contributed by atoms with Gasteiger partial charge in [0.15, 0.2) is 0 Å². The monoisotopic (exact) mass is 1340 g/mol. The van der Waals surface area contributed by atoms with Gasteiger partial charge in [-0.1, -0.05) is 85.2 Å². The van der Waals surface area contributed by atoms with Gasteiger partial charge in [-0.15, -0.1) is 11.3 Å². The second-order valence-electron chi connectivity index (χ2n) is 24.0. The molecule has 94 heavy (non-hydrogen) atoms. The van der Waals surface area contributed by atoms with Gasteiger partial charge in [0.1, 0.15) is 17.1 Å². The fourth-order valence-electron chi connectivity index (χ4n) is 11.3. The van der Waals surface area contributed by atoms with E-state index in [1.807, 2.05) is 84.2 Å². The summed E-state index contributed by atoms with van der Waals surface area (Å²) in [6.45, 7) is 19.7. The van der Waals surface area contributed by atoms with E-state index in [4.69, 9.17) is 47.4 Å². The second-order valence-corrected chi connectivity index (χ2v) is 25.0. The van der Waals surface area contributed by atoms with Gasteiger partial charge >= 0.3 is 0 Å². The Morgan fingerprint density at radius 1 is 0.670 bits per heavy atom. The molecule has 2 aliphatic rings. The van der Waals surface area contributed by atoms with Gasteiger partial charge in [0, 0.05) is 78.1 Å². The number of nitrogens with zero attached hydrogens (tertiary/aromatic N) is 5. The highest BCUT2D eigenvalue weighted by Crippen LogP contribution is 2.31. The molecule has 3 heterocycles. The molecule has 0 spiro atoms. The molecule has 0 aliphatic carbocycles. The lowest BCUT2D eigenvalue weighted by atomic mass is 9.89. The maximum absolute atomic E-state index is 14.7. The first-order valence-electron chi connectivity index (χ1n) is 33.1. The van der Waals surface area contributed by atoms with Crippen molar-refractivity contribution in [3.8, 4) is 0 Å². The molecule has 2 aromatic rings. The zero-order valence-corrected chi connectivity index (χ0v) is 58.2. The van der Waals surface area contributed by atoms with Crippen molar-refractivity contribution in [2.24, 2.45) is 23.7 Å². The normalized spacial score (nSPS) is 16.6. The van der Waals surface area contributed by atoms with Gasteiger partial charge in [-0.25, -0.2) is 4.98 Å². The summed E-state index contributed by atoms with van der Waals surface area (Å²) in [5.74, 6) is -3.93.